The molecule has 0 bridgehead atoms. The zero-order chi connectivity index (χ0) is 15.5. The molecule has 2 unspecified atom stereocenters. The fourth-order valence-corrected chi connectivity index (χ4v) is 1.47. The number of amides is 2. The second-order valence-corrected chi connectivity index (χ2v) is 4.19. The van der Waals surface area contributed by atoms with E-state index in [9.17, 15) is 14.4 Å². The highest BCUT2D eigenvalue weighted by Crippen LogP contribution is 2.01. The molecule has 0 aliphatic heterocycles. The Morgan fingerprint density at radius 3 is 2.15 bits per heavy atom. The van der Waals surface area contributed by atoms with Gasteiger partial charge in [-0.15, -0.1) is 0 Å². The molecule has 0 heterocycles. The lowest BCUT2D eigenvalue weighted by Gasteiger charge is -2.20. The van der Waals surface area contributed by atoms with Crippen molar-refractivity contribution in [3.05, 3.63) is 0 Å². The molecule has 0 radical (unpaired) electrons. The van der Waals surface area contributed by atoms with Crippen LogP contribution in [0.5, 0.6) is 0 Å². The fraction of sp³-hybridized carbons (Fsp3) is 0.727. The van der Waals surface area contributed by atoms with E-state index in [0.717, 1.165) is 0 Å². The standard InChI is InChI=1S/C11H22N4O5/c12-4-2-1-3-7(14-9(17)5-13)10(18)15-8(6-16)11(19)20/h7-8,16H,1-6,12-13H2,(H,14,17)(H,15,18)(H,19,20). The average Bonchev–Trinajstić information content (AvgIpc) is 2.42. The number of carbonyl (C=O) groups is 3. The highest BCUT2D eigenvalue weighted by molar-refractivity contribution is 5.90. The van der Waals surface area contributed by atoms with Crippen LogP contribution in [0.15, 0.2) is 0 Å². The molecule has 2 atom stereocenters. The number of aliphatic hydroxyl groups is 1. The van der Waals surface area contributed by atoms with Gasteiger partial charge in [0.05, 0.1) is 13.2 Å². The maximum absolute atomic E-state index is 11.9. The first-order chi connectivity index (χ1) is 9.46. The Kier molecular flexibility index (Phi) is 9.26. The van der Waals surface area contributed by atoms with Crippen LogP contribution < -0.4 is 22.1 Å². The highest BCUT2D eigenvalue weighted by Gasteiger charge is 2.25. The van der Waals surface area contributed by atoms with Crippen molar-refractivity contribution in [3.63, 3.8) is 0 Å². The molecular formula is C11H22N4O5. The predicted molar refractivity (Wildman–Crippen MR) is 70.5 cm³/mol. The Labute approximate surface area is 116 Å². The van der Waals surface area contributed by atoms with Crippen molar-refractivity contribution >= 4 is 17.8 Å². The molecule has 9 nitrogen and oxygen atoms in total. The number of nitrogens with one attached hydrogen (secondary N) is 2. The number of carboxylic acid groups (broad SMARTS) is 1. The van der Waals surface area contributed by atoms with E-state index in [2.05, 4.69) is 10.6 Å². The molecule has 0 spiro atoms. The number of unbranched alkanes of at least 4 members (excludes halogenated alkanes) is 1. The van der Waals surface area contributed by atoms with Crippen LogP contribution in [0.25, 0.3) is 0 Å². The van der Waals surface area contributed by atoms with Gasteiger partial charge in [-0.05, 0) is 25.8 Å². The van der Waals surface area contributed by atoms with Gasteiger partial charge in [0, 0.05) is 0 Å². The minimum atomic E-state index is -1.41. The van der Waals surface area contributed by atoms with Gasteiger partial charge >= 0.3 is 5.97 Å². The van der Waals surface area contributed by atoms with Crippen LogP contribution in [-0.2, 0) is 14.4 Å². The minimum Gasteiger partial charge on any atom is -0.480 e. The Bertz CT molecular complexity index is 337. The summed E-state index contributed by atoms with van der Waals surface area (Å²) < 4.78 is 0. The molecule has 0 aliphatic carbocycles. The van der Waals surface area contributed by atoms with Crippen molar-refractivity contribution in [2.75, 3.05) is 19.7 Å². The maximum Gasteiger partial charge on any atom is 0.328 e. The quantitative estimate of drug-likeness (QED) is 0.235. The zero-order valence-corrected chi connectivity index (χ0v) is 11.2. The Hall–Kier alpha value is -1.71. The van der Waals surface area contributed by atoms with Crippen molar-refractivity contribution in [3.8, 4) is 0 Å². The lowest BCUT2D eigenvalue weighted by atomic mass is 10.1. The molecule has 0 aromatic rings. The maximum atomic E-state index is 11.9. The van der Waals surface area contributed by atoms with E-state index >= 15 is 0 Å². The van der Waals surface area contributed by atoms with Crippen molar-refractivity contribution in [1.29, 1.82) is 0 Å². The molecule has 9 heteroatoms. The van der Waals surface area contributed by atoms with E-state index in [1.807, 2.05) is 0 Å². The van der Waals surface area contributed by atoms with Crippen molar-refractivity contribution in [2.24, 2.45) is 11.5 Å². The molecule has 0 fully saturated rings. The van der Waals surface area contributed by atoms with E-state index in [1.54, 1.807) is 0 Å². The van der Waals surface area contributed by atoms with Gasteiger partial charge in [-0.1, -0.05) is 0 Å². The average molecular weight is 290 g/mol. The van der Waals surface area contributed by atoms with Gasteiger partial charge in [0.15, 0.2) is 0 Å². The zero-order valence-electron chi connectivity index (χ0n) is 11.2. The third kappa shape index (κ3) is 7.02. The third-order valence-corrected chi connectivity index (χ3v) is 2.58. The molecule has 8 N–H and O–H groups in total. The van der Waals surface area contributed by atoms with Crippen LogP contribution in [0.4, 0.5) is 0 Å². The summed E-state index contributed by atoms with van der Waals surface area (Å²) in [5, 5.41) is 22.1. The fourth-order valence-electron chi connectivity index (χ4n) is 1.47. The first-order valence-corrected chi connectivity index (χ1v) is 6.29. The second kappa shape index (κ2) is 10.1. The Morgan fingerprint density at radius 2 is 1.70 bits per heavy atom. The summed E-state index contributed by atoms with van der Waals surface area (Å²) in [5.41, 5.74) is 10.5. The summed E-state index contributed by atoms with van der Waals surface area (Å²) in [5.74, 6) is -2.55. The van der Waals surface area contributed by atoms with E-state index in [4.69, 9.17) is 21.7 Å². The SMILES string of the molecule is NCCCCC(NC(=O)CN)C(=O)NC(CO)C(=O)O. The van der Waals surface area contributed by atoms with Crippen LogP contribution in [-0.4, -0.2) is 59.8 Å². The normalized spacial score (nSPS) is 13.3. The minimum absolute atomic E-state index is 0.275. The molecule has 0 aliphatic rings. The smallest absolute Gasteiger partial charge is 0.328 e. The largest absolute Gasteiger partial charge is 0.480 e. The first kappa shape index (κ1) is 18.3. The number of carboxylic acids is 1. The number of aliphatic carboxylic acids is 1. The van der Waals surface area contributed by atoms with Gasteiger partial charge in [0.1, 0.15) is 12.1 Å². The molecule has 0 aromatic heterocycles. The van der Waals surface area contributed by atoms with Crippen LogP contribution in [0.1, 0.15) is 19.3 Å². The number of hydrogen-bond acceptors (Lipinski definition) is 6. The number of nitrogens with two attached hydrogens (primary N) is 2. The number of hydrogen-bond donors (Lipinski definition) is 6. The van der Waals surface area contributed by atoms with Crippen LogP contribution in [0.3, 0.4) is 0 Å². The van der Waals surface area contributed by atoms with E-state index in [0.29, 0.717) is 25.8 Å². The van der Waals surface area contributed by atoms with Crippen LogP contribution >= 0.6 is 0 Å². The molecule has 0 saturated carbocycles. The lowest BCUT2D eigenvalue weighted by Crippen LogP contribution is -2.53. The predicted octanol–water partition coefficient (Wildman–Crippen LogP) is -2.88. The summed E-state index contributed by atoms with van der Waals surface area (Å²) in [6.07, 6.45) is 1.58. The Morgan fingerprint density at radius 1 is 1.05 bits per heavy atom. The van der Waals surface area contributed by atoms with E-state index in [-0.39, 0.29) is 6.54 Å². The second-order valence-electron chi connectivity index (χ2n) is 4.19. The van der Waals surface area contributed by atoms with Crippen molar-refractivity contribution < 1.29 is 24.6 Å². The van der Waals surface area contributed by atoms with Gasteiger partial charge in [-0.3, -0.25) is 9.59 Å². The summed E-state index contributed by atoms with van der Waals surface area (Å²) in [6, 6.07) is -2.31. The molecule has 0 rings (SSSR count). The topological polar surface area (TPSA) is 168 Å². The molecule has 0 saturated heterocycles. The van der Waals surface area contributed by atoms with Gasteiger partial charge < -0.3 is 32.3 Å². The summed E-state index contributed by atoms with van der Waals surface area (Å²) in [4.78, 5) is 33.9. The lowest BCUT2D eigenvalue weighted by molar-refractivity contribution is -0.143. The summed E-state index contributed by atoms with van der Waals surface area (Å²) in [6.45, 7) is -0.558. The molecular weight excluding hydrogens is 268 g/mol. The van der Waals surface area contributed by atoms with Gasteiger partial charge in [-0.2, -0.15) is 0 Å². The van der Waals surface area contributed by atoms with Crippen molar-refractivity contribution in [2.45, 2.75) is 31.3 Å². The van der Waals surface area contributed by atoms with Crippen LogP contribution in [0, 0.1) is 0 Å². The number of rotatable bonds is 10. The van der Waals surface area contributed by atoms with Gasteiger partial charge in [0.2, 0.25) is 11.8 Å². The molecule has 0 aromatic carbocycles. The monoisotopic (exact) mass is 290 g/mol. The molecule has 20 heavy (non-hydrogen) atoms. The highest BCUT2D eigenvalue weighted by atomic mass is 16.4. The summed E-state index contributed by atoms with van der Waals surface area (Å²) >= 11 is 0. The summed E-state index contributed by atoms with van der Waals surface area (Å²) in [7, 11) is 0. The molecule has 2 amide bonds. The first-order valence-electron chi connectivity index (χ1n) is 6.29. The van der Waals surface area contributed by atoms with Gasteiger partial charge in [-0.25, -0.2) is 4.79 Å². The third-order valence-electron chi connectivity index (χ3n) is 2.58. The number of carbonyl (C=O) groups excluding carboxylic acids is 2. The van der Waals surface area contributed by atoms with E-state index in [1.165, 1.54) is 0 Å². The Balaban J connectivity index is 4.59. The van der Waals surface area contributed by atoms with Gasteiger partial charge in [0.25, 0.3) is 0 Å². The molecule has 116 valence electrons. The van der Waals surface area contributed by atoms with Crippen molar-refractivity contribution in [1.82, 2.24) is 10.6 Å². The number of aliphatic hydroxyl groups excluding tert-OH is 1. The van der Waals surface area contributed by atoms with Crippen LogP contribution in [0.2, 0.25) is 0 Å². The van der Waals surface area contributed by atoms with E-state index < -0.39 is 36.5 Å².